The molecule has 1 N–H and O–H groups in total. The summed E-state index contributed by atoms with van der Waals surface area (Å²) >= 11 is 5.99. The number of nitrogens with zero attached hydrogens (tertiary/aromatic N) is 4. The molecule has 1 saturated heterocycles. The predicted octanol–water partition coefficient (Wildman–Crippen LogP) is 6.86. The van der Waals surface area contributed by atoms with Gasteiger partial charge in [-0.3, -0.25) is 0 Å². The summed E-state index contributed by atoms with van der Waals surface area (Å²) in [5, 5.41) is 6.40. The highest BCUT2D eigenvalue weighted by atomic mass is 35.5. The van der Waals surface area contributed by atoms with Crippen molar-refractivity contribution in [2.75, 3.05) is 5.32 Å². The number of ether oxygens (including phenoxy) is 1. The zero-order valence-corrected chi connectivity index (χ0v) is 20.9. The van der Waals surface area contributed by atoms with Crippen LogP contribution in [0.1, 0.15) is 42.3 Å². The van der Waals surface area contributed by atoms with Crippen LogP contribution < -0.4 is 5.32 Å². The largest absolute Gasteiger partial charge is 0.366 e. The standard InChI is InChI=1S/C29H28ClN5O/c1-19-25-14-15-35(29(25)33-18-32-19)28-13-11-24(36-28)10-5-20-2-6-22-7-12-27(34-26(22)16-20)31-17-21-3-8-23(30)9-4-21/h2-4,6-9,12,14-16,18,24,28H,5,10-11,13,17H2,1H3,(H,31,34). The third-order valence-corrected chi connectivity index (χ3v) is 7.25. The lowest BCUT2D eigenvalue weighted by molar-refractivity contribution is 0.00119. The van der Waals surface area contributed by atoms with Crippen molar-refractivity contribution in [3.8, 4) is 0 Å². The Balaban J connectivity index is 1.09. The van der Waals surface area contributed by atoms with E-state index in [2.05, 4.69) is 56.4 Å². The number of pyridine rings is 1. The first kappa shape index (κ1) is 23.0. The molecule has 6 nitrogen and oxygen atoms in total. The summed E-state index contributed by atoms with van der Waals surface area (Å²) in [6.45, 7) is 2.72. The van der Waals surface area contributed by atoms with E-state index in [4.69, 9.17) is 21.3 Å². The summed E-state index contributed by atoms with van der Waals surface area (Å²) in [6, 6.07) is 20.7. The van der Waals surface area contributed by atoms with Crippen LogP contribution in [0.3, 0.4) is 0 Å². The number of anilines is 1. The van der Waals surface area contributed by atoms with Gasteiger partial charge in [-0.2, -0.15) is 0 Å². The number of hydrogen-bond acceptors (Lipinski definition) is 5. The highest BCUT2D eigenvalue weighted by Gasteiger charge is 2.27. The maximum Gasteiger partial charge on any atom is 0.145 e. The Hall–Kier alpha value is -3.48. The van der Waals surface area contributed by atoms with Crippen LogP contribution in [0, 0.1) is 6.92 Å². The maximum atomic E-state index is 6.43. The number of fused-ring (bicyclic) bond motifs is 2. The number of benzene rings is 2. The highest BCUT2D eigenvalue weighted by Crippen LogP contribution is 2.33. The van der Waals surface area contributed by atoms with Gasteiger partial charge in [0.25, 0.3) is 0 Å². The van der Waals surface area contributed by atoms with Crippen LogP contribution in [-0.4, -0.2) is 25.6 Å². The van der Waals surface area contributed by atoms with Crippen molar-refractivity contribution in [1.82, 2.24) is 19.5 Å². The summed E-state index contributed by atoms with van der Waals surface area (Å²) < 4.78 is 8.59. The average Bonchev–Trinajstić information content (AvgIpc) is 3.55. The van der Waals surface area contributed by atoms with Crippen LogP contribution >= 0.6 is 11.6 Å². The lowest BCUT2D eigenvalue weighted by Gasteiger charge is -2.16. The van der Waals surface area contributed by atoms with Gasteiger partial charge >= 0.3 is 0 Å². The van der Waals surface area contributed by atoms with Crippen molar-refractivity contribution in [1.29, 1.82) is 0 Å². The summed E-state index contributed by atoms with van der Waals surface area (Å²) in [5.41, 5.74) is 5.41. The van der Waals surface area contributed by atoms with Gasteiger partial charge in [0, 0.05) is 28.5 Å². The zero-order valence-electron chi connectivity index (χ0n) is 20.2. The van der Waals surface area contributed by atoms with Crippen molar-refractivity contribution in [2.24, 2.45) is 0 Å². The topological polar surface area (TPSA) is 64.9 Å². The summed E-state index contributed by atoms with van der Waals surface area (Å²) in [6.07, 6.45) is 7.99. The number of halogens is 1. The van der Waals surface area contributed by atoms with Crippen molar-refractivity contribution >= 4 is 39.4 Å². The van der Waals surface area contributed by atoms with Gasteiger partial charge in [-0.1, -0.05) is 35.9 Å². The fourth-order valence-electron chi connectivity index (χ4n) is 4.97. The average molecular weight is 498 g/mol. The Labute approximate surface area is 215 Å². The Morgan fingerprint density at radius 2 is 1.83 bits per heavy atom. The molecule has 182 valence electrons. The van der Waals surface area contributed by atoms with Gasteiger partial charge in [0.1, 0.15) is 24.0 Å². The number of aryl methyl sites for hydroxylation is 2. The molecule has 0 amide bonds. The molecule has 4 heterocycles. The van der Waals surface area contributed by atoms with Crippen LogP contribution in [0.2, 0.25) is 5.02 Å². The molecule has 2 atom stereocenters. The second-order valence-corrected chi connectivity index (χ2v) is 9.89. The minimum atomic E-state index is 0.0364. The molecule has 1 aliphatic heterocycles. The van der Waals surface area contributed by atoms with Gasteiger partial charge in [0.15, 0.2) is 0 Å². The van der Waals surface area contributed by atoms with Crippen LogP contribution in [-0.2, 0) is 17.7 Å². The monoisotopic (exact) mass is 497 g/mol. The van der Waals surface area contributed by atoms with Crippen LogP contribution in [0.4, 0.5) is 5.82 Å². The van der Waals surface area contributed by atoms with E-state index in [0.717, 1.165) is 64.2 Å². The smallest absolute Gasteiger partial charge is 0.145 e. The Bertz CT molecular complexity index is 1510. The minimum Gasteiger partial charge on any atom is -0.366 e. The minimum absolute atomic E-state index is 0.0364. The SMILES string of the molecule is Cc1ncnc2c1ccn2C1CCC(CCc2ccc3ccc(NCc4ccc(Cl)cc4)nc3c2)O1. The molecule has 1 fully saturated rings. The highest BCUT2D eigenvalue weighted by molar-refractivity contribution is 6.30. The summed E-state index contributed by atoms with van der Waals surface area (Å²) in [4.78, 5) is 13.6. The molecule has 0 bridgehead atoms. The van der Waals surface area contributed by atoms with Crippen LogP contribution in [0.25, 0.3) is 21.9 Å². The molecule has 1 aliphatic rings. The van der Waals surface area contributed by atoms with Crippen molar-refractivity contribution in [2.45, 2.75) is 51.5 Å². The molecular weight excluding hydrogens is 470 g/mol. The number of rotatable bonds is 7. The number of nitrogens with one attached hydrogen (secondary N) is 1. The molecule has 0 radical (unpaired) electrons. The lowest BCUT2D eigenvalue weighted by Crippen LogP contribution is -2.12. The quantitative estimate of drug-likeness (QED) is 0.266. The van der Waals surface area contributed by atoms with Crippen molar-refractivity contribution in [3.63, 3.8) is 0 Å². The van der Waals surface area contributed by atoms with E-state index in [1.165, 1.54) is 11.1 Å². The van der Waals surface area contributed by atoms with Gasteiger partial charge in [0.05, 0.1) is 17.3 Å². The van der Waals surface area contributed by atoms with E-state index >= 15 is 0 Å². The molecule has 6 rings (SSSR count). The molecule has 2 aromatic carbocycles. The van der Waals surface area contributed by atoms with E-state index in [-0.39, 0.29) is 12.3 Å². The Kier molecular flexibility index (Phi) is 6.30. The maximum absolute atomic E-state index is 6.43. The Morgan fingerprint density at radius 3 is 2.72 bits per heavy atom. The normalized spacial score (nSPS) is 17.7. The Morgan fingerprint density at radius 1 is 1.00 bits per heavy atom. The molecule has 7 heteroatoms. The predicted molar refractivity (Wildman–Crippen MR) is 144 cm³/mol. The van der Waals surface area contributed by atoms with Crippen LogP contribution in [0.5, 0.6) is 0 Å². The molecule has 2 unspecified atom stereocenters. The van der Waals surface area contributed by atoms with Gasteiger partial charge in [-0.15, -0.1) is 0 Å². The fraction of sp³-hybridized carbons (Fsp3) is 0.276. The zero-order chi connectivity index (χ0) is 24.5. The molecule has 0 saturated carbocycles. The summed E-state index contributed by atoms with van der Waals surface area (Å²) in [7, 11) is 0. The summed E-state index contributed by atoms with van der Waals surface area (Å²) in [5.74, 6) is 0.870. The van der Waals surface area contributed by atoms with E-state index in [1.807, 2.05) is 37.3 Å². The molecule has 0 spiro atoms. The van der Waals surface area contributed by atoms with Crippen molar-refractivity contribution < 1.29 is 4.74 Å². The number of hydrogen-bond donors (Lipinski definition) is 1. The number of aromatic nitrogens is 4. The molecule has 5 aromatic rings. The van der Waals surface area contributed by atoms with E-state index in [1.54, 1.807) is 6.33 Å². The second-order valence-electron chi connectivity index (χ2n) is 9.45. The van der Waals surface area contributed by atoms with Crippen molar-refractivity contribution in [3.05, 3.63) is 95.0 Å². The first-order valence-corrected chi connectivity index (χ1v) is 12.8. The molecule has 0 aliphatic carbocycles. The van der Waals surface area contributed by atoms with Gasteiger partial charge < -0.3 is 14.6 Å². The van der Waals surface area contributed by atoms with E-state index in [9.17, 15) is 0 Å². The van der Waals surface area contributed by atoms with Crippen LogP contribution in [0.15, 0.2) is 73.2 Å². The van der Waals surface area contributed by atoms with Gasteiger partial charge in [0.2, 0.25) is 0 Å². The molecule has 36 heavy (non-hydrogen) atoms. The van der Waals surface area contributed by atoms with Gasteiger partial charge in [-0.05, 0) is 80.1 Å². The third kappa shape index (κ3) is 4.79. The molecular formula is C29H28ClN5O. The lowest BCUT2D eigenvalue weighted by atomic mass is 10.0. The fourth-order valence-corrected chi connectivity index (χ4v) is 5.10. The second kappa shape index (κ2) is 9.88. The van der Waals surface area contributed by atoms with Gasteiger partial charge in [-0.25, -0.2) is 15.0 Å². The first-order chi connectivity index (χ1) is 17.6. The molecule has 3 aromatic heterocycles. The van der Waals surface area contributed by atoms with E-state index in [0.29, 0.717) is 6.54 Å². The van der Waals surface area contributed by atoms with E-state index < -0.39 is 0 Å². The first-order valence-electron chi connectivity index (χ1n) is 12.4. The third-order valence-electron chi connectivity index (χ3n) is 7.00.